The molecule has 0 aromatic heterocycles. The second-order valence-corrected chi connectivity index (χ2v) is 4.63. The number of nitriles is 1. The lowest BCUT2D eigenvalue weighted by Crippen LogP contribution is -2.45. The highest BCUT2D eigenvalue weighted by atomic mass is 19.1. The number of nitrogens with zero attached hydrogens (tertiary/aromatic N) is 3. The summed E-state index contributed by atoms with van der Waals surface area (Å²) in [5.41, 5.74) is 1.06. The number of benzene rings is 1. The Morgan fingerprint density at radius 2 is 1.89 bits per heavy atom. The Hall–Kier alpha value is -1.44. The van der Waals surface area contributed by atoms with E-state index in [4.69, 9.17) is 5.26 Å². The van der Waals surface area contributed by atoms with Gasteiger partial charge in [-0.3, -0.25) is 4.90 Å². The van der Waals surface area contributed by atoms with Crippen molar-refractivity contribution in [1.29, 1.82) is 5.26 Å². The van der Waals surface area contributed by atoms with Crippen LogP contribution in [0.2, 0.25) is 0 Å². The molecule has 0 amide bonds. The predicted molar refractivity (Wildman–Crippen MR) is 68.5 cm³/mol. The third kappa shape index (κ3) is 3.06. The molecule has 0 bridgehead atoms. The van der Waals surface area contributed by atoms with Crippen molar-refractivity contribution in [3.05, 3.63) is 35.1 Å². The van der Waals surface area contributed by atoms with Gasteiger partial charge in [-0.1, -0.05) is 13.0 Å². The van der Waals surface area contributed by atoms with E-state index < -0.39 is 0 Å². The summed E-state index contributed by atoms with van der Waals surface area (Å²) in [6.45, 7) is 7.94. The van der Waals surface area contributed by atoms with Crippen LogP contribution in [0.5, 0.6) is 0 Å². The first-order valence-electron chi connectivity index (χ1n) is 6.36. The predicted octanol–water partition coefficient (Wildman–Crippen LogP) is 1.83. The average Bonchev–Trinajstić information content (AvgIpc) is 2.42. The fourth-order valence-electron chi connectivity index (χ4n) is 2.25. The molecule has 0 unspecified atom stereocenters. The summed E-state index contributed by atoms with van der Waals surface area (Å²) in [7, 11) is 0. The van der Waals surface area contributed by atoms with Gasteiger partial charge in [0.15, 0.2) is 0 Å². The molecule has 18 heavy (non-hydrogen) atoms. The molecule has 0 saturated carbocycles. The van der Waals surface area contributed by atoms with Crippen molar-refractivity contribution >= 4 is 0 Å². The van der Waals surface area contributed by atoms with E-state index in [9.17, 15) is 4.39 Å². The van der Waals surface area contributed by atoms with Crippen LogP contribution >= 0.6 is 0 Å². The average molecular weight is 247 g/mol. The molecule has 0 radical (unpaired) electrons. The Kier molecular flexibility index (Phi) is 4.29. The molecular weight excluding hydrogens is 229 g/mol. The van der Waals surface area contributed by atoms with Crippen LogP contribution in [0.25, 0.3) is 0 Å². The highest BCUT2D eigenvalue weighted by Gasteiger charge is 2.16. The van der Waals surface area contributed by atoms with Gasteiger partial charge in [0.25, 0.3) is 0 Å². The summed E-state index contributed by atoms with van der Waals surface area (Å²) in [5, 5.41) is 8.70. The Labute approximate surface area is 107 Å². The van der Waals surface area contributed by atoms with Gasteiger partial charge in [0.2, 0.25) is 0 Å². The molecule has 1 aromatic carbocycles. The Bertz CT molecular complexity index is 445. The van der Waals surface area contributed by atoms with Gasteiger partial charge in [-0.05, 0) is 18.7 Å². The van der Waals surface area contributed by atoms with Crippen molar-refractivity contribution in [3.63, 3.8) is 0 Å². The Morgan fingerprint density at radius 3 is 2.44 bits per heavy atom. The lowest BCUT2D eigenvalue weighted by atomic mass is 10.1. The maximum atomic E-state index is 13.7. The summed E-state index contributed by atoms with van der Waals surface area (Å²) in [6, 6.07) is 6.67. The fraction of sp³-hybridized carbons (Fsp3) is 0.500. The smallest absolute Gasteiger partial charge is 0.129 e. The van der Waals surface area contributed by atoms with Gasteiger partial charge < -0.3 is 4.90 Å². The lowest BCUT2D eigenvalue weighted by molar-refractivity contribution is 0.131. The van der Waals surface area contributed by atoms with Crippen LogP contribution in [-0.4, -0.2) is 42.5 Å². The van der Waals surface area contributed by atoms with Crippen LogP contribution in [0.15, 0.2) is 18.2 Å². The minimum atomic E-state index is -0.271. The van der Waals surface area contributed by atoms with Gasteiger partial charge in [-0.15, -0.1) is 0 Å². The van der Waals surface area contributed by atoms with Gasteiger partial charge in [-0.25, -0.2) is 4.39 Å². The van der Waals surface area contributed by atoms with Gasteiger partial charge in [-0.2, -0.15) is 5.26 Å². The number of hydrogen-bond donors (Lipinski definition) is 0. The fourth-order valence-corrected chi connectivity index (χ4v) is 2.25. The molecule has 0 spiro atoms. The van der Waals surface area contributed by atoms with E-state index in [1.54, 1.807) is 12.1 Å². The van der Waals surface area contributed by atoms with E-state index in [0.29, 0.717) is 17.7 Å². The monoisotopic (exact) mass is 247 g/mol. The number of halogens is 1. The van der Waals surface area contributed by atoms with Crippen molar-refractivity contribution in [3.8, 4) is 6.07 Å². The molecule has 1 aliphatic heterocycles. The first kappa shape index (κ1) is 13.0. The molecule has 1 fully saturated rings. The van der Waals surface area contributed by atoms with Gasteiger partial charge in [0.05, 0.1) is 11.6 Å². The number of piperazine rings is 1. The number of hydrogen-bond acceptors (Lipinski definition) is 3. The van der Waals surface area contributed by atoms with E-state index in [-0.39, 0.29) is 5.82 Å². The highest BCUT2D eigenvalue weighted by Crippen LogP contribution is 2.14. The van der Waals surface area contributed by atoms with Crippen LogP contribution in [0.1, 0.15) is 18.1 Å². The summed E-state index contributed by atoms with van der Waals surface area (Å²) >= 11 is 0. The number of likely N-dealkylation sites (N-methyl/N-ethyl adjacent to an activating group) is 1. The molecule has 1 aromatic rings. The molecule has 0 N–H and O–H groups in total. The van der Waals surface area contributed by atoms with Crippen LogP contribution in [-0.2, 0) is 6.54 Å². The quantitative estimate of drug-likeness (QED) is 0.816. The summed E-state index contributed by atoms with van der Waals surface area (Å²) in [4.78, 5) is 4.66. The zero-order chi connectivity index (χ0) is 13.0. The second kappa shape index (κ2) is 5.94. The van der Waals surface area contributed by atoms with E-state index in [1.165, 1.54) is 6.07 Å². The van der Waals surface area contributed by atoms with E-state index in [0.717, 1.165) is 32.7 Å². The molecule has 1 heterocycles. The minimum Gasteiger partial charge on any atom is -0.301 e. The SMILES string of the molecule is CCN1CCN(Cc2ccc(C#N)cc2F)CC1. The second-order valence-electron chi connectivity index (χ2n) is 4.63. The molecule has 3 nitrogen and oxygen atoms in total. The van der Waals surface area contributed by atoms with Crippen molar-refractivity contribution < 1.29 is 4.39 Å². The summed E-state index contributed by atoms with van der Waals surface area (Å²) in [6.07, 6.45) is 0. The first-order valence-corrected chi connectivity index (χ1v) is 6.36. The van der Waals surface area contributed by atoms with E-state index in [1.807, 2.05) is 6.07 Å². The highest BCUT2D eigenvalue weighted by molar-refractivity contribution is 5.32. The third-order valence-electron chi connectivity index (χ3n) is 3.49. The largest absolute Gasteiger partial charge is 0.301 e. The first-order chi connectivity index (χ1) is 8.72. The molecule has 96 valence electrons. The maximum Gasteiger partial charge on any atom is 0.129 e. The van der Waals surface area contributed by atoms with Crippen LogP contribution in [0, 0.1) is 17.1 Å². The van der Waals surface area contributed by atoms with E-state index in [2.05, 4.69) is 16.7 Å². The molecule has 1 saturated heterocycles. The van der Waals surface area contributed by atoms with Crippen molar-refractivity contribution in [2.75, 3.05) is 32.7 Å². The van der Waals surface area contributed by atoms with E-state index >= 15 is 0 Å². The zero-order valence-electron chi connectivity index (χ0n) is 10.7. The summed E-state index contributed by atoms with van der Waals surface area (Å²) in [5.74, 6) is -0.271. The van der Waals surface area contributed by atoms with Crippen LogP contribution in [0.3, 0.4) is 0 Å². The van der Waals surface area contributed by atoms with Crippen LogP contribution < -0.4 is 0 Å². The molecular formula is C14H18FN3. The standard InChI is InChI=1S/C14H18FN3/c1-2-17-5-7-18(8-6-17)11-13-4-3-12(10-16)9-14(13)15/h3-4,9H,2,5-8,11H2,1H3. The molecule has 0 atom stereocenters. The third-order valence-corrected chi connectivity index (χ3v) is 3.49. The van der Waals surface area contributed by atoms with Gasteiger partial charge in [0.1, 0.15) is 5.82 Å². The van der Waals surface area contributed by atoms with Gasteiger partial charge in [0, 0.05) is 38.3 Å². The Morgan fingerprint density at radius 1 is 1.22 bits per heavy atom. The van der Waals surface area contributed by atoms with Crippen molar-refractivity contribution in [2.45, 2.75) is 13.5 Å². The Balaban J connectivity index is 1.96. The van der Waals surface area contributed by atoms with Gasteiger partial charge >= 0.3 is 0 Å². The molecule has 2 rings (SSSR count). The normalized spacial score (nSPS) is 17.6. The van der Waals surface area contributed by atoms with Crippen molar-refractivity contribution in [1.82, 2.24) is 9.80 Å². The molecule has 1 aliphatic rings. The topological polar surface area (TPSA) is 30.3 Å². The van der Waals surface area contributed by atoms with Crippen LogP contribution in [0.4, 0.5) is 4.39 Å². The van der Waals surface area contributed by atoms with Crippen molar-refractivity contribution in [2.24, 2.45) is 0 Å². The number of rotatable bonds is 3. The molecule has 0 aliphatic carbocycles. The summed E-state index contributed by atoms with van der Waals surface area (Å²) < 4.78 is 13.7. The molecule has 4 heteroatoms. The zero-order valence-corrected chi connectivity index (χ0v) is 10.7. The minimum absolute atomic E-state index is 0.271. The lowest BCUT2D eigenvalue weighted by Gasteiger charge is -2.34. The maximum absolute atomic E-state index is 13.7.